The third-order valence-corrected chi connectivity index (χ3v) is 6.94. The highest BCUT2D eigenvalue weighted by Gasteiger charge is 2.32. The van der Waals surface area contributed by atoms with Gasteiger partial charge in [0.15, 0.2) is 0 Å². The second-order valence-electron chi connectivity index (χ2n) is 6.54. The Bertz CT molecular complexity index is 1040. The van der Waals surface area contributed by atoms with E-state index in [1.807, 2.05) is 0 Å². The summed E-state index contributed by atoms with van der Waals surface area (Å²) >= 11 is 5.99. The molecule has 0 saturated carbocycles. The summed E-state index contributed by atoms with van der Waals surface area (Å²) in [6.45, 7) is 0.251. The van der Waals surface area contributed by atoms with Crippen LogP contribution in [0.25, 0.3) is 0 Å². The van der Waals surface area contributed by atoms with E-state index in [0.717, 1.165) is 12.1 Å². The Kier molecular flexibility index (Phi) is 6.15. The largest absolute Gasteiger partial charge is 0.324 e. The van der Waals surface area contributed by atoms with Gasteiger partial charge in [-0.3, -0.25) is 14.9 Å². The van der Waals surface area contributed by atoms with Gasteiger partial charge in [0.05, 0.1) is 20.5 Å². The Morgan fingerprint density at radius 2 is 1.79 bits per heavy atom. The zero-order valence-corrected chi connectivity index (χ0v) is 16.6. The molecule has 0 spiro atoms. The smallest absolute Gasteiger partial charge is 0.271 e. The van der Waals surface area contributed by atoms with Crippen molar-refractivity contribution in [1.29, 1.82) is 0 Å². The highest BCUT2D eigenvalue weighted by atomic mass is 35.5. The van der Waals surface area contributed by atoms with Gasteiger partial charge in [0.2, 0.25) is 15.9 Å². The maximum absolute atomic E-state index is 13.0. The molecule has 1 saturated heterocycles. The first-order valence-corrected chi connectivity index (χ1v) is 10.5. The maximum Gasteiger partial charge on any atom is 0.271 e. The number of nitrogens with one attached hydrogen (secondary N) is 1. The van der Waals surface area contributed by atoms with Crippen LogP contribution in [0.2, 0.25) is 5.02 Å². The second-order valence-corrected chi connectivity index (χ2v) is 8.89. The minimum Gasteiger partial charge on any atom is -0.324 e. The van der Waals surface area contributed by atoms with Gasteiger partial charge < -0.3 is 5.32 Å². The Morgan fingerprint density at radius 3 is 2.38 bits per heavy atom. The van der Waals surface area contributed by atoms with E-state index in [0.29, 0.717) is 0 Å². The lowest BCUT2D eigenvalue weighted by Gasteiger charge is -2.30. The summed E-state index contributed by atoms with van der Waals surface area (Å²) in [6.07, 6.45) is 0.553. The Balaban J connectivity index is 1.65. The van der Waals surface area contributed by atoms with Crippen LogP contribution in [0.5, 0.6) is 0 Å². The number of nitro groups is 1. The molecule has 11 heteroatoms. The number of carbonyl (C=O) groups is 1. The third kappa shape index (κ3) is 4.72. The molecule has 0 radical (unpaired) electrons. The standard InChI is InChI=1S/C18H17ClFN3O5S/c19-16-6-3-14(23(25)26)11-17(16)21-18(24)12-7-9-22(10-8-12)29(27,28)15-4-1-13(20)2-5-15/h1-6,11-12H,7-10H2,(H,21,24). The van der Waals surface area contributed by atoms with Crippen molar-refractivity contribution < 1.29 is 22.5 Å². The number of anilines is 1. The van der Waals surface area contributed by atoms with Crippen molar-refractivity contribution in [1.82, 2.24) is 4.31 Å². The van der Waals surface area contributed by atoms with E-state index in [9.17, 15) is 27.7 Å². The fourth-order valence-electron chi connectivity index (χ4n) is 3.07. The van der Waals surface area contributed by atoms with Gasteiger partial charge in [-0.15, -0.1) is 0 Å². The number of rotatable bonds is 5. The Hall–Kier alpha value is -2.56. The average molecular weight is 442 g/mol. The van der Waals surface area contributed by atoms with Crippen molar-refractivity contribution in [2.75, 3.05) is 18.4 Å². The molecule has 2 aromatic rings. The highest BCUT2D eigenvalue weighted by molar-refractivity contribution is 7.89. The van der Waals surface area contributed by atoms with E-state index in [-0.39, 0.29) is 53.1 Å². The maximum atomic E-state index is 13.0. The molecule has 3 rings (SSSR count). The molecule has 29 heavy (non-hydrogen) atoms. The van der Waals surface area contributed by atoms with E-state index < -0.39 is 26.7 Å². The molecule has 0 aliphatic carbocycles. The molecular weight excluding hydrogens is 425 g/mol. The summed E-state index contributed by atoms with van der Waals surface area (Å²) in [7, 11) is -3.77. The topological polar surface area (TPSA) is 110 Å². The molecule has 0 atom stereocenters. The summed E-state index contributed by atoms with van der Waals surface area (Å²) in [5.41, 5.74) is -0.0721. The average Bonchev–Trinajstić information content (AvgIpc) is 2.70. The van der Waals surface area contributed by atoms with Gasteiger partial charge in [0.1, 0.15) is 5.82 Å². The number of nitro benzene ring substituents is 1. The molecule has 1 fully saturated rings. The molecule has 1 amide bonds. The molecule has 0 unspecified atom stereocenters. The van der Waals surface area contributed by atoms with E-state index in [1.165, 1.54) is 34.6 Å². The fourth-order valence-corrected chi connectivity index (χ4v) is 4.71. The van der Waals surface area contributed by atoms with E-state index in [2.05, 4.69) is 5.32 Å². The lowest BCUT2D eigenvalue weighted by atomic mass is 9.97. The third-order valence-electron chi connectivity index (χ3n) is 4.69. The van der Waals surface area contributed by atoms with Crippen LogP contribution in [-0.2, 0) is 14.8 Å². The predicted octanol–water partition coefficient (Wildman–Crippen LogP) is 3.43. The molecule has 0 bridgehead atoms. The summed E-state index contributed by atoms with van der Waals surface area (Å²) in [5.74, 6) is -1.38. The molecule has 0 aromatic heterocycles. The Morgan fingerprint density at radius 1 is 1.17 bits per heavy atom. The number of non-ortho nitro benzene ring substituents is 1. The first kappa shape index (κ1) is 21.2. The molecule has 154 valence electrons. The van der Waals surface area contributed by atoms with Crippen molar-refractivity contribution in [3.8, 4) is 0 Å². The number of benzene rings is 2. The SMILES string of the molecule is O=C(Nc1cc([N+](=O)[O-])ccc1Cl)C1CCN(S(=O)(=O)c2ccc(F)cc2)CC1. The van der Waals surface area contributed by atoms with Crippen LogP contribution in [0.1, 0.15) is 12.8 Å². The fraction of sp³-hybridized carbons (Fsp3) is 0.278. The lowest BCUT2D eigenvalue weighted by molar-refractivity contribution is -0.384. The predicted molar refractivity (Wildman–Crippen MR) is 105 cm³/mol. The van der Waals surface area contributed by atoms with Crippen LogP contribution in [0.15, 0.2) is 47.4 Å². The van der Waals surface area contributed by atoms with Gasteiger partial charge in [0, 0.05) is 31.1 Å². The van der Waals surface area contributed by atoms with Crippen LogP contribution in [-0.4, -0.2) is 36.6 Å². The van der Waals surface area contributed by atoms with Crippen molar-refractivity contribution >= 4 is 38.9 Å². The molecule has 1 aliphatic heterocycles. The summed E-state index contributed by atoms with van der Waals surface area (Å²) in [5, 5.41) is 13.6. The first-order valence-electron chi connectivity index (χ1n) is 8.69. The minimum atomic E-state index is -3.77. The van der Waals surface area contributed by atoms with Crippen LogP contribution in [0.4, 0.5) is 15.8 Å². The number of amides is 1. The van der Waals surface area contributed by atoms with Crippen LogP contribution < -0.4 is 5.32 Å². The van der Waals surface area contributed by atoms with Crippen molar-refractivity contribution in [2.24, 2.45) is 5.92 Å². The van der Waals surface area contributed by atoms with Gasteiger partial charge in [-0.25, -0.2) is 12.8 Å². The van der Waals surface area contributed by atoms with E-state index in [4.69, 9.17) is 11.6 Å². The molecule has 1 heterocycles. The summed E-state index contributed by atoms with van der Waals surface area (Å²) in [6, 6.07) is 8.30. The van der Waals surface area contributed by atoms with E-state index in [1.54, 1.807) is 0 Å². The number of nitrogens with zero attached hydrogens (tertiary/aromatic N) is 2. The minimum absolute atomic E-state index is 0.00909. The highest BCUT2D eigenvalue weighted by Crippen LogP contribution is 2.29. The molecular formula is C18H17ClFN3O5S. The summed E-state index contributed by atoms with van der Waals surface area (Å²) < 4.78 is 39.6. The normalized spacial score (nSPS) is 15.8. The van der Waals surface area contributed by atoms with Crippen molar-refractivity contribution in [3.05, 3.63) is 63.4 Å². The zero-order chi connectivity index (χ0) is 21.2. The Labute approximate surface area is 171 Å². The van der Waals surface area contributed by atoms with Gasteiger partial charge in [0.25, 0.3) is 5.69 Å². The van der Waals surface area contributed by atoms with Crippen molar-refractivity contribution in [2.45, 2.75) is 17.7 Å². The van der Waals surface area contributed by atoms with Gasteiger partial charge in [-0.05, 0) is 43.2 Å². The molecule has 8 nitrogen and oxygen atoms in total. The van der Waals surface area contributed by atoms with Crippen LogP contribution in [0, 0.1) is 21.8 Å². The monoisotopic (exact) mass is 441 g/mol. The number of piperidine rings is 1. The molecule has 1 aliphatic rings. The van der Waals surface area contributed by atoms with Gasteiger partial charge >= 0.3 is 0 Å². The first-order chi connectivity index (χ1) is 13.7. The number of hydrogen-bond acceptors (Lipinski definition) is 5. The number of carbonyl (C=O) groups excluding carboxylic acids is 1. The van der Waals surface area contributed by atoms with Crippen LogP contribution >= 0.6 is 11.6 Å². The van der Waals surface area contributed by atoms with Gasteiger partial charge in [-0.2, -0.15) is 4.31 Å². The lowest BCUT2D eigenvalue weighted by Crippen LogP contribution is -2.41. The van der Waals surface area contributed by atoms with E-state index >= 15 is 0 Å². The second kappa shape index (κ2) is 8.44. The number of hydrogen-bond donors (Lipinski definition) is 1. The quantitative estimate of drug-likeness (QED) is 0.564. The summed E-state index contributed by atoms with van der Waals surface area (Å²) in [4.78, 5) is 22.8. The number of halogens is 2. The van der Waals surface area contributed by atoms with Gasteiger partial charge in [-0.1, -0.05) is 11.6 Å². The molecule has 1 N–H and O–H groups in total. The van der Waals surface area contributed by atoms with Crippen molar-refractivity contribution in [3.63, 3.8) is 0 Å². The zero-order valence-electron chi connectivity index (χ0n) is 15.0. The van der Waals surface area contributed by atoms with Crippen LogP contribution in [0.3, 0.4) is 0 Å². The molecule has 2 aromatic carbocycles. The number of sulfonamides is 1.